The van der Waals surface area contributed by atoms with Gasteiger partial charge in [-0.2, -0.15) is 0 Å². The monoisotopic (exact) mass is 565 g/mol. The van der Waals surface area contributed by atoms with Crippen LogP contribution < -0.4 is 0 Å². The number of aromatic nitrogens is 1. The van der Waals surface area contributed by atoms with E-state index in [1.165, 1.54) is 11.1 Å². The Labute approximate surface area is 241 Å². The maximum atomic E-state index is 14.0. The van der Waals surface area contributed by atoms with Gasteiger partial charge in [-0.05, 0) is 99.1 Å². The van der Waals surface area contributed by atoms with E-state index in [2.05, 4.69) is 15.9 Å². The van der Waals surface area contributed by atoms with E-state index in [0.29, 0.717) is 22.0 Å². The molecule has 6 rings (SSSR count). The predicted octanol–water partition coefficient (Wildman–Crippen LogP) is 6.20. The molecule has 3 aliphatic rings. The number of likely N-dealkylation sites (tertiary alicyclic amines) is 2. The number of carbonyl (C=O) groups is 1. The Hall–Kier alpha value is -2.18. The largest absolute Gasteiger partial charge is 0.396 e. The number of aliphatic hydroxyl groups is 1. The Balaban J connectivity index is 1.11. The third kappa shape index (κ3) is 5.56. The summed E-state index contributed by atoms with van der Waals surface area (Å²) in [5.41, 5.74) is 5.32. The summed E-state index contributed by atoms with van der Waals surface area (Å²) in [6.07, 6.45) is 8.12. The highest BCUT2D eigenvalue weighted by Crippen LogP contribution is 2.34. The van der Waals surface area contributed by atoms with Crippen LogP contribution in [0.5, 0.6) is 0 Å². The minimum absolute atomic E-state index is 0.179. The van der Waals surface area contributed by atoms with Gasteiger partial charge in [0.25, 0.3) is 5.91 Å². The van der Waals surface area contributed by atoms with Crippen molar-refractivity contribution < 1.29 is 9.90 Å². The Bertz CT molecular complexity index is 1350. The number of fused-ring (bicyclic) bond motifs is 2. The van der Waals surface area contributed by atoms with Gasteiger partial charge in [-0.3, -0.25) is 14.7 Å². The van der Waals surface area contributed by atoms with Crippen molar-refractivity contribution in [1.29, 1.82) is 0 Å². The van der Waals surface area contributed by atoms with Gasteiger partial charge in [0.05, 0.1) is 21.1 Å². The number of aryl methyl sites for hydroxylation is 1. The number of aliphatic hydroxyl groups excluding tert-OH is 1. The van der Waals surface area contributed by atoms with E-state index < -0.39 is 0 Å². The van der Waals surface area contributed by atoms with Crippen LogP contribution in [-0.4, -0.2) is 64.6 Å². The fourth-order valence-electron chi connectivity index (χ4n) is 7.09. The first-order valence-electron chi connectivity index (χ1n) is 14.5. The molecule has 0 saturated carbocycles. The minimum atomic E-state index is 0.179. The molecule has 0 bridgehead atoms. The van der Waals surface area contributed by atoms with Gasteiger partial charge in [0.2, 0.25) is 0 Å². The third-order valence-electron chi connectivity index (χ3n) is 9.29. The van der Waals surface area contributed by atoms with E-state index in [-0.39, 0.29) is 18.4 Å². The fraction of sp³-hybridized carbons (Fsp3) is 0.500. The van der Waals surface area contributed by atoms with Crippen LogP contribution in [0.3, 0.4) is 0 Å². The molecule has 1 N–H and O–H groups in total. The molecule has 7 heteroatoms. The van der Waals surface area contributed by atoms with Crippen LogP contribution in [0.2, 0.25) is 10.0 Å². The van der Waals surface area contributed by atoms with Gasteiger partial charge in [0, 0.05) is 43.4 Å². The molecule has 2 fully saturated rings. The van der Waals surface area contributed by atoms with Crippen molar-refractivity contribution in [3.05, 3.63) is 74.9 Å². The SMILES string of the molecule is O=C(c1c2c(nc3ccccc13)CCCC2)N1CCC(N2CC[C@H](Cc3ccc(Cl)c(Cl)c3)[C@H](CO)C2)CC1. The fourth-order valence-corrected chi connectivity index (χ4v) is 7.42. The lowest BCUT2D eigenvalue weighted by Crippen LogP contribution is -2.52. The van der Waals surface area contributed by atoms with Crippen molar-refractivity contribution in [2.45, 2.75) is 57.4 Å². The van der Waals surface area contributed by atoms with Crippen molar-refractivity contribution >= 4 is 40.0 Å². The van der Waals surface area contributed by atoms with Gasteiger partial charge < -0.3 is 10.0 Å². The number of amides is 1. The number of para-hydroxylation sites is 1. The third-order valence-corrected chi connectivity index (χ3v) is 10.0. The number of hydrogen-bond donors (Lipinski definition) is 1. The molecule has 3 aromatic rings. The highest BCUT2D eigenvalue weighted by atomic mass is 35.5. The van der Waals surface area contributed by atoms with E-state index in [4.69, 9.17) is 28.2 Å². The van der Waals surface area contributed by atoms with Crippen LogP contribution in [-0.2, 0) is 19.3 Å². The molecule has 1 aliphatic carbocycles. The average molecular weight is 567 g/mol. The molecule has 39 heavy (non-hydrogen) atoms. The topological polar surface area (TPSA) is 56.7 Å². The second kappa shape index (κ2) is 11.7. The molecule has 2 aromatic carbocycles. The first-order chi connectivity index (χ1) is 19.0. The quantitative estimate of drug-likeness (QED) is 0.400. The Morgan fingerprint density at radius 3 is 2.54 bits per heavy atom. The lowest BCUT2D eigenvalue weighted by Gasteiger charge is -2.45. The van der Waals surface area contributed by atoms with Crippen molar-refractivity contribution in [2.24, 2.45) is 11.8 Å². The highest BCUT2D eigenvalue weighted by molar-refractivity contribution is 6.42. The first-order valence-corrected chi connectivity index (χ1v) is 15.3. The average Bonchev–Trinajstić information content (AvgIpc) is 2.97. The first kappa shape index (κ1) is 27.0. The number of halogens is 2. The van der Waals surface area contributed by atoms with Gasteiger partial charge in [0.15, 0.2) is 0 Å². The number of piperidine rings is 2. The van der Waals surface area contributed by atoms with E-state index in [1.54, 1.807) is 0 Å². The van der Waals surface area contributed by atoms with Crippen molar-refractivity contribution in [2.75, 3.05) is 32.8 Å². The molecule has 0 radical (unpaired) electrons. The minimum Gasteiger partial charge on any atom is -0.396 e. The van der Waals surface area contributed by atoms with E-state index in [0.717, 1.165) is 99.7 Å². The smallest absolute Gasteiger partial charge is 0.254 e. The number of rotatable bonds is 5. The summed E-state index contributed by atoms with van der Waals surface area (Å²) in [6, 6.07) is 14.5. The number of hydrogen-bond acceptors (Lipinski definition) is 4. The van der Waals surface area contributed by atoms with Crippen molar-refractivity contribution in [1.82, 2.24) is 14.8 Å². The maximum Gasteiger partial charge on any atom is 0.254 e. The molecule has 0 unspecified atom stereocenters. The van der Waals surface area contributed by atoms with Gasteiger partial charge in [-0.1, -0.05) is 47.5 Å². The molecule has 3 heterocycles. The molecule has 5 nitrogen and oxygen atoms in total. The number of benzene rings is 2. The lowest BCUT2D eigenvalue weighted by molar-refractivity contribution is 0.0242. The lowest BCUT2D eigenvalue weighted by atomic mass is 9.80. The van der Waals surface area contributed by atoms with Gasteiger partial charge in [-0.25, -0.2) is 0 Å². The summed E-state index contributed by atoms with van der Waals surface area (Å²) in [5, 5.41) is 12.4. The predicted molar refractivity (Wildman–Crippen MR) is 158 cm³/mol. The maximum absolute atomic E-state index is 14.0. The zero-order valence-corrected chi connectivity index (χ0v) is 23.9. The molecular weight excluding hydrogens is 529 g/mol. The zero-order chi connectivity index (χ0) is 26.9. The number of pyridine rings is 1. The Kier molecular flexibility index (Phi) is 8.13. The molecule has 2 saturated heterocycles. The van der Waals surface area contributed by atoms with Crippen LogP contribution in [0, 0.1) is 11.8 Å². The molecule has 1 amide bonds. The van der Waals surface area contributed by atoms with Crippen LogP contribution in [0.15, 0.2) is 42.5 Å². The molecular formula is C32H37Cl2N3O2. The molecule has 2 atom stereocenters. The summed E-state index contributed by atoms with van der Waals surface area (Å²) in [4.78, 5) is 23.5. The summed E-state index contributed by atoms with van der Waals surface area (Å²) in [6.45, 7) is 3.69. The van der Waals surface area contributed by atoms with Gasteiger partial charge in [-0.15, -0.1) is 0 Å². The van der Waals surface area contributed by atoms with Crippen LogP contribution in [0.1, 0.15) is 59.3 Å². The van der Waals surface area contributed by atoms with Gasteiger partial charge in [0.1, 0.15) is 0 Å². The summed E-state index contributed by atoms with van der Waals surface area (Å²) in [5.74, 6) is 0.845. The van der Waals surface area contributed by atoms with Crippen LogP contribution in [0.25, 0.3) is 10.9 Å². The second-order valence-electron chi connectivity index (χ2n) is 11.6. The van der Waals surface area contributed by atoms with E-state index >= 15 is 0 Å². The van der Waals surface area contributed by atoms with E-state index in [9.17, 15) is 9.90 Å². The normalized spacial score (nSPS) is 22.7. The second-order valence-corrected chi connectivity index (χ2v) is 12.4. The molecule has 0 spiro atoms. The van der Waals surface area contributed by atoms with Crippen LogP contribution >= 0.6 is 23.2 Å². The van der Waals surface area contributed by atoms with Crippen LogP contribution in [0.4, 0.5) is 0 Å². The summed E-state index contributed by atoms with van der Waals surface area (Å²) in [7, 11) is 0. The zero-order valence-electron chi connectivity index (χ0n) is 22.4. The Morgan fingerprint density at radius 2 is 1.74 bits per heavy atom. The standard InChI is InChI=1S/C32H37Cl2N3O2/c33-27-10-9-21(18-28(27)34)17-22-11-14-37(19-23(22)20-38)24-12-15-36(16-13-24)32(39)31-25-5-1-3-7-29(25)35-30-8-4-2-6-26(30)31/h1,3,5,7,9-10,18,22-24,38H,2,4,6,8,11-17,19-20H2/t22-,23+/m1/s1. The number of carbonyl (C=O) groups excluding carboxylic acids is 1. The molecule has 2 aliphatic heterocycles. The summed E-state index contributed by atoms with van der Waals surface area (Å²) >= 11 is 12.3. The molecule has 206 valence electrons. The van der Waals surface area contributed by atoms with Crippen molar-refractivity contribution in [3.63, 3.8) is 0 Å². The number of nitrogens with zero attached hydrogens (tertiary/aromatic N) is 3. The highest BCUT2D eigenvalue weighted by Gasteiger charge is 2.35. The summed E-state index contributed by atoms with van der Waals surface area (Å²) < 4.78 is 0. The van der Waals surface area contributed by atoms with E-state index in [1.807, 2.05) is 36.4 Å². The van der Waals surface area contributed by atoms with Gasteiger partial charge >= 0.3 is 0 Å². The Morgan fingerprint density at radius 1 is 0.949 bits per heavy atom. The molecule has 1 aromatic heterocycles. The van der Waals surface area contributed by atoms with Crippen molar-refractivity contribution in [3.8, 4) is 0 Å².